The van der Waals surface area contributed by atoms with Crippen molar-refractivity contribution >= 4 is 24.6 Å². The molecule has 0 saturated carbocycles. The van der Waals surface area contributed by atoms with Gasteiger partial charge in [0.25, 0.3) is 0 Å². The normalized spacial score (nSPS) is 15.7. The second-order valence-corrected chi connectivity index (χ2v) is 10.9. The van der Waals surface area contributed by atoms with E-state index >= 15 is 0 Å². The van der Waals surface area contributed by atoms with Gasteiger partial charge in [0.05, 0.1) is 26.1 Å². The van der Waals surface area contributed by atoms with Gasteiger partial charge in [0.2, 0.25) is 0 Å². The molecule has 6 heteroatoms. The fraction of sp³-hybridized carbons (Fsp3) is 0.931. The molecule has 35 heavy (non-hydrogen) atoms. The summed E-state index contributed by atoms with van der Waals surface area (Å²) >= 11 is 4.30. The van der Waals surface area contributed by atoms with E-state index in [4.69, 9.17) is 9.47 Å². The minimum absolute atomic E-state index is 0.123. The number of carbonyl (C=O) groups is 2. The lowest BCUT2D eigenvalue weighted by molar-refractivity contribution is -0.151. The third-order valence-corrected chi connectivity index (χ3v) is 7.56. The molecular weight excluding hydrogens is 458 g/mol. The summed E-state index contributed by atoms with van der Waals surface area (Å²) in [4.78, 5) is 26.8. The van der Waals surface area contributed by atoms with Gasteiger partial charge in [-0.2, -0.15) is 12.6 Å². The molecule has 1 heterocycles. The quantitative estimate of drug-likeness (QED) is 0.0940. The van der Waals surface area contributed by atoms with Crippen molar-refractivity contribution in [3.63, 3.8) is 0 Å². The monoisotopic (exact) mass is 513 g/mol. The van der Waals surface area contributed by atoms with Crippen molar-refractivity contribution in [2.45, 2.75) is 123 Å². The van der Waals surface area contributed by atoms with E-state index in [1.807, 2.05) is 0 Å². The third-order valence-electron chi connectivity index (χ3n) is 7.36. The summed E-state index contributed by atoms with van der Waals surface area (Å²) in [6, 6.07) is 0. The molecule has 1 aliphatic rings. The summed E-state index contributed by atoms with van der Waals surface area (Å²) < 4.78 is 11.0. The number of esters is 2. The molecule has 0 aromatic carbocycles. The van der Waals surface area contributed by atoms with Crippen LogP contribution in [0.1, 0.15) is 123 Å². The van der Waals surface area contributed by atoms with Gasteiger partial charge < -0.3 is 14.4 Å². The molecule has 0 N–H and O–H groups in total. The highest BCUT2D eigenvalue weighted by molar-refractivity contribution is 7.80. The van der Waals surface area contributed by atoms with Crippen LogP contribution >= 0.6 is 12.6 Å². The zero-order valence-electron chi connectivity index (χ0n) is 22.9. The summed E-state index contributed by atoms with van der Waals surface area (Å²) in [5.74, 6) is 1.44. The Bertz CT molecular complexity index is 523. The summed E-state index contributed by atoms with van der Waals surface area (Å²) in [6.45, 7) is 8.72. The predicted octanol–water partition coefficient (Wildman–Crippen LogP) is 7.22. The molecule has 1 rings (SSSR count). The average molecular weight is 514 g/mol. The molecule has 0 amide bonds. The summed E-state index contributed by atoms with van der Waals surface area (Å²) in [5.41, 5.74) is 0. The maximum Gasteiger partial charge on any atom is 0.306 e. The molecule has 1 atom stereocenters. The summed E-state index contributed by atoms with van der Waals surface area (Å²) in [7, 11) is 0. The minimum atomic E-state index is -0.280. The highest BCUT2D eigenvalue weighted by Gasteiger charge is 2.19. The SMILES string of the molecule is CCCCCCCCC(CCCCCC)COC(=O)CCC(=O)OCCC1CCN(CCS)CC1. The van der Waals surface area contributed by atoms with Crippen LogP contribution in [0.3, 0.4) is 0 Å². The Labute approximate surface area is 221 Å². The number of thiol groups is 1. The number of hydrogen-bond acceptors (Lipinski definition) is 6. The lowest BCUT2D eigenvalue weighted by atomic mass is 9.94. The highest BCUT2D eigenvalue weighted by Crippen LogP contribution is 2.21. The van der Waals surface area contributed by atoms with E-state index in [9.17, 15) is 9.59 Å². The summed E-state index contributed by atoms with van der Waals surface area (Å²) in [6.07, 6.45) is 18.5. The first-order chi connectivity index (χ1) is 17.1. The minimum Gasteiger partial charge on any atom is -0.466 e. The van der Waals surface area contributed by atoms with Crippen molar-refractivity contribution < 1.29 is 19.1 Å². The molecule has 0 aliphatic carbocycles. The first kappa shape index (κ1) is 32.3. The number of nitrogens with zero attached hydrogens (tertiary/aromatic N) is 1. The number of unbranched alkanes of at least 4 members (excludes halogenated alkanes) is 8. The zero-order valence-corrected chi connectivity index (χ0v) is 23.8. The fourth-order valence-corrected chi connectivity index (χ4v) is 5.21. The van der Waals surface area contributed by atoms with Crippen LogP contribution in [0, 0.1) is 11.8 Å². The molecule has 0 aromatic heterocycles. The fourth-order valence-electron chi connectivity index (χ4n) is 4.92. The molecule has 1 fully saturated rings. The van der Waals surface area contributed by atoms with Gasteiger partial charge in [-0.1, -0.05) is 78.1 Å². The van der Waals surface area contributed by atoms with E-state index in [1.165, 1.54) is 64.2 Å². The van der Waals surface area contributed by atoms with Crippen molar-refractivity contribution in [1.29, 1.82) is 0 Å². The van der Waals surface area contributed by atoms with E-state index in [1.54, 1.807) is 0 Å². The van der Waals surface area contributed by atoms with Crippen LogP contribution < -0.4 is 0 Å². The molecular formula is C29H55NO4S. The standard InChI is InChI=1S/C29H55NO4S/c1-3-5-7-9-10-12-14-27(13-11-8-6-4-2)25-34-29(32)16-15-28(31)33-23-19-26-17-20-30(21-18-26)22-24-35/h26-27,35H,3-25H2,1-2H3. The Balaban J connectivity index is 2.16. The van der Waals surface area contributed by atoms with Gasteiger partial charge in [0, 0.05) is 12.3 Å². The van der Waals surface area contributed by atoms with Crippen LogP contribution in [0.25, 0.3) is 0 Å². The molecule has 1 saturated heterocycles. The van der Waals surface area contributed by atoms with Crippen LogP contribution in [0.4, 0.5) is 0 Å². The molecule has 0 bridgehead atoms. The molecule has 0 aromatic rings. The largest absolute Gasteiger partial charge is 0.466 e. The molecule has 0 spiro atoms. The Kier molecular flexibility index (Phi) is 20.7. The van der Waals surface area contributed by atoms with Gasteiger partial charge in [0.15, 0.2) is 0 Å². The lowest BCUT2D eigenvalue weighted by Gasteiger charge is -2.31. The topological polar surface area (TPSA) is 55.8 Å². The van der Waals surface area contributed by atoms with Crippen molar-refractivity contribution in [3.8, 4) is 0 Å². The van der Waals surface area contributed by atoms with E-state index in [0.29, 0.717) is 25.0 Å². The zero-order chi connectivity index (χ0) is 25.6. The van der Waals surface area contributed by atoms with Gasteiger partial charge in [-0.25, -0.2) is 0 Å². The Morgan fingerprint density at radius 2 is 1.37 bits per heavy atom. The average Bonchev–Trinajstić information content (AvgIpc) is 2.86. The lowest BCUT2D eigenvalue weighted by Crippen LogP contribution is -2.35. The van der Waals surface area contributed by atoms with Crippen LogP contribution in [0.15, 0.2) is 0 Å². The van der Waals surface area contributed by atoms with Crippen molar-refractivity contribution in [2.24, 2.45) is 11.8 Å². The number of ether oxygens (including phenoxy) is 2. The first-order valence-corrected chi connectivity index (χ1v) is 15.4. The van der Waals surface area contributed by atoms with E-state index < -0.39 is 0 Å². The Hall–Kier alpha value is -0.750. The Morgan fingerprint density at radius 1 is 0.829 bits per heavy atom. The molecule has 1 unspecified atom stereocenters. The second-order valence-electron chi connectivity index (χ2n) is 10.5. The van der Waals surface area contributed by atoms with Crippen molar-refractivity contribution in [3.05, 3.63) is 0 Å². The third kappa shape index (κ3) is 18.2. The number of rotatable bonds is 22. The van der Waals surface area contributed by atoms with Gasteiger partial charge >= 0.3 is 11.9 Å². The predicted molar refractivity (Wildman–Crippen MR) is 149 cm³/mol. The Morgan fingerprint density at radius 3 is 1.97 bits per heavy atom. The van der Waals surface area contributed by atoms with Crippen molar-refractivity contribution in [1.82, 2.24) is 4.90 Å². The smallest absolute Gasteiger partial charge is 0.306 e. The molecule has 206 valence electrons. The van der Waals surface area contributed by atoms with Gasteiger partial charge in [-0.05, 0) is 57.0 Å². The van der Waals surface area contributed by atoms with E-state index in [0.717, 1.165) is 57.5 Å². The number of carbonyl (C=O) groups excluding carboxylic acids is 2. The van der Waals surface area contributed by atoms with Crippen LogP contribution in [0.5, 0.6) is 0 Å². The molecule has 0 radical (unpaired) electrons. The molecule has 5 nitrogen and oxygen atoms in total. The maximum atomic E-state index is 12.2. The molecule has 1 aliphatic heterocycles. The van der Waals surface area contributed by atoms with Gasteiger partial charge in [0.1, 0.15) is 0 Å². The second kappa shape index (κ2) is 22.4. The number of hydrogen-bond donors (Lipinski definition) is 1. The van der Waals surface area contributed by atoms with Crippen LogP contribution in [0.2, 0.25) is 0 Å². The van der Waals surface area contributed by atoms with Crippen LogP contribution in [-0.4, -0.2) is 55.4 Å². The maximum absolute atomic E-state index is 12.2. The number of piperidine rings is 1. The van der Waals surface area contributed by atoms with Crippen molar-refractivity contribution in [2.75, 3.05) is 38.6 Å². The number of likely N-dealkylation sites (tertiary alicyclic amines) is 1. The van der Waals surface area contributed by atoms with E-state index in [-0.39, 0.29) is 24.8 Å². The first-order valence-electron chi connectivity index (χ1n) is 14.7. The highest BCUT2D eigenvalue weighted by atomic mass is 32.1. The summed E-state index contributed by atoms with van der Waals surface area (Å²) in [5, 5.41) is 0. The van der Waals surface area contributed by atoms with Gasteiger partial charge in [-0.15, -0.1) is 0 Å². The van der Waals surface area contributed by atoms with Crippen LogP contribution in [-0.2, 0) is 19.1 Å². The van der Waals surface area contributed by atoms with E-state index in [2.05, 4.69) is 31.4 Å². The van der Waals surface area contributed by atoms with Gasteiger partial charge in [-0.3, -0.25) is 9.59 Å².